The van der Waals surface area contributed by atoms with Gasteiger partial charge in [-0.15, -0.1) is 0 Å². The third kappa shape index (κ3) is 4.61. The summed E-state index contributed by atoms with van der Waals surface area (Å²) in [6, 6.07) is 16.1. The first-order valence-corrected chi connectivity index (χ1v) is 12.3. The second kappa shape index (κ2) is 9.76. The molecule has 2 fully saturated rings. The van der Waals surface area contributed by atoms with Crippen molar-refractivity contribution in [1.29, 1.82) is 0 Å². The van der Waals surface area contributed by atoms with Crippen LogP contribution in [0.3, 0.4) is 0 Å². The van der Waals surface area contributed by atoms with Crippen LogP contribution < -0.4 is 10.1 Å². The van der Waals surface area contributed by atoms with Gasteiger partial charge in [0, 0.05) is 6.54 Å². The minimum absolute atomic E-state index is 0.185. The molecule has 1 unspecified atom stereocenters. The Labute approximate surface area is 218 Å². The normalized spacial score (nSPS) is 23.9. The number of nitrogens with one attached hydrogen (secondary N) is 1. The number of rotatable bonds is 7. The maximum atomic E-state index is 12.3. The van der Waals surface area contributed by atoms with Gasteiger partial charge in [-0.1, -0.05) is 30.3 Å². The van der Waals surface area contributed by atoms with Crippen molar-refractivity contribution in [1.82, 2.24) is 19.5 Å². The van der Waals surface area contributed by atoms with Crippen molar-refractivity contribution in [2.45, 2.75) is 50.7 Å². The van der Waals surface area contributed by atoms with E-state index in [0.29, 0.717) is 34.8 Å². The van der Waals surface area contributed by atoms with Gasteiger partial charge in [-0.25, -0.2) is 19.7 Å². The molecule has 0 saturated carbocycles. The minimum atomic E-state index is -0.779. The van der Waals surface area contributed by atoms with Gasteiger partial charge in [0.05, 0.1) is 18.5 Å². The van der Waals surface area contributed by atoms with Crippen molar-refractivity contribution in [3.8, 4) is 5.75 Å². The lowest BCUT2D eigenvalue weighted by atomic mass is 10.1. The molecule has 4 heterocycles. The quantitative estimate of drug-likeness (QED) is 0.279. The largest absolute Gasteiger partial charge is 0.423 e. The fraction of sp³-hybridized carbons (Fsp3) is 0.333. The Morgan fingerprint density at radius 3 is 2.58 bits per heavy atom. The highest BCUT2D eigenvalue weighted by Crippen LogP contribution is 2.43. The molecule has 0 amide bonds. The predicted octanol–water partition coefficient (Wildman–Crippen LogP) is 3.07. The van der Waals surface area contributed by atoms with Gasteiger partial charge < -0.3 is 29.4 Å². The Kier molecular flexibility index (Phi) is 6.28. The van der Waals surface area contributed by atoms with E-state index in [1.807, 2.05) is 32.0 Å². The molecule has 4 aromatic rings. The van der Waals surface area contributed by atoms with Gasteiger partial charge in [0.15, 0.2) is 29.0 Å². The summed E-state index contributed by atoms with van der Waals surface area (Å²) in [6.07, 6.45) is 1.21. The SMILES string of the molecule is CC1(C)OC2[C@@H](CO)O[C@@H](n3cnc4c(NCc5ccc(OC(=O)c6ccccc6)cc5)ncnc43)[C@H]2O1. The lowest BCUT2D eigenvalue weighted by molar-refractivity contribution is -0.199. The number of benzene rings is 2. The van der Waals surface area contributed by atoms with Crippen LogP contribution >= 0.6 is 0 Å². The third-order valence-electron chi connectivity index (χ3n) is 6.54. The van der Waals surface area contributed by atoms with E-state index in [4.69, 9.17) is 18.9 Å². The van der Waals surface area contributed by atoms with E-state index in [9.17, 15) is 9.90 Å². The van der Waals surface area contributed by atoms with Crippen LogP contribution in [0.5, 0.6) is 5.75 Å². The monoisotopic (exact) mass is 517 g/mol. The number of nitrogens with zero attached hydrogens (tertiary/aromatic N) is 4. The number of hydrogen-bond acceptors (Lipinski definition) is 10. The molecule has 6 rings (SSSR count). The van der Waals surface area contributed by atoms with E-state index in [2.05, 4.69) is 20.3 Å². The standard InChI is InChI=1S/C27H27N5O6/c1-27(2)37-21-19(13-33)36-25(22(21)38-27)32-15-31-20-23(29-14-30-24(20)32)28-12-16-8-10-18(11-9-16)35-26(34)17-6-4-3-5-7-17/h3-11,14-15,19,21-22,25,33H,12-13H2,1-2H3,(H,28,29,30)/t19-,21?,22+,25-/m1/s1. The topological polar surface area (TPSA) is 130 Å². The van der Waals surface area contributed by atoms with Crippen molar-refractivity contribution in [2.75, 3.05) is 11.9 Å². The molecule has 11 heteroatoms. The van der Waals surface area contributed by atoms with Crippen molar-refractivity contribution < 1.29 is 28.8 Å². The number of carbonyl (C=O) groups is 1. The molecule has 0 bridgehead atoms. The number of esters is 1. The zero-order chi connectivity index (χ0) is 26.3. The van der Waals surface area contributed by atoms with Crippen LogP contribution in [0.1, 0.15) is 36.0 Å². The van der Waals surface area contributed by atoms with Crippen LogP contribution in [0.4, 0.5) is 5.82 Å². The van der Waals surface area contributed by atoms with Crippen LogP contribution in [0, 0.1) is 0 Å². The molecule has 4 atom stereocenters. The molecular formula is C27H27N5O6. The second-order valence-electron chi connectivity index (χ2n) is 9.61. The summed E-state index contributed by atoms with van der Waals surface area (Å²) >= 11 is 0. The van der Waals surface area contributed by atoms with Crippen molar-refractivity contribution in [3.63, 3.8) is 0 Å². The summed E-state index contributed by atoms with van der Waals surface area (Å²) in [5.41, 5.74) is 2.60. The fourth-order valence-electron chi connectivity index (χ4n) is 4.80. The minimum Gasteiger partial charge on any atom is -0.423 e. The zero-order valence-corrected chi connectivity index (χ0v) is 20.9. The average molecular weight is 518 g/mol. The highest BCUT2D eigenvalue weighted by molar-refractivity contribution is 5.91. The molecule has 2 aliphatic heterocycles. The molecule has 196 valence electrons. The summed E-state index contributed by atoms with van der Waals surface area (Å²) in [6.45, 7) is 3.96. The van der Waals surface area contributed by atoms with Gasteiger partial charge in [0.25, 0.3) is 0 Å². The number of hydrogen-bond donors (Lipinski definition) is 2. The highest BCUT2D eigenvalue weighted by atomic mass is 16.8. The molecule has 2 N–H and O–H groups in total. The Bertz CT molecular complexity index is 1440. The molecule has 2 saturated heterocycles. The number of carbonyl (C=O) groups excluding carboxylic acids is 1. The summed E-state index contributed by atoms with van der Waals surface area (Å²) in [5.74, 6) is -0.164. The van der Waals surface area contributed by atoms with Crippen LogP contribution in [0.25, 0.3) is 11.2 Å². The van der Waals surface area contributed by atoms with Crippen LogP contribution in [-0.4, -0.2) is 61.3 Å². The van der Waals surface area contributed by atoms with Gasteiger partial charge in [0.1, 0.15) is 30.4 Å². The molecule has 2 aromatic heterocycles. The molecule has 38 heavy (non-hydrogen) atoms. The Hall–Kier alpha value is -3.90. The summed E-state index contributed by atoms with van der Waals surface area (Å²) < 4.78 is 25.4. The predicted molar refractivity (Wildman–Crippen MR) is 135 cm³/mol. The maximum Gasteiger partial charge on any atom is 0.343 e. The lowest BCUT2D eigenvalue weighted by Gasteiger charge is -2.24. The molecule has 2 aliphatic rings. The number of aromatic nitrogens is 4. The first kappa shape index (κ1) is 24.4. The Morgan fingerprint density at radius 1 is 1.05 bits per heavy atom. The number of imidazole rings is 1. The first-order chi connectivity index (χ1) is 18.4. The number of aliphatic hydroxyl groups is 1. The molecule has 2 aromatic carbocycles. The van der Waals surface area contributed by atoms with Gasteiger partial charge in [-0.05, 0) is 43.7 Å². The second-order valence-corrected chi connectivity index (χ2v) is 9.61. The molecule has 0 aliphatic carbocycles. The van der Waals surface area contributed by atoms with Gasteiger partial charge in [0.2, 0.25) is 0 Å². The van der Waals surface area contributed by atoms with E-state index < -0.39 is 36.3 Å². The van der Waals surface area contributed by atoms with Gasteiger partial charge in [-0.3, -0.25) is 4.57 Å². The maximum absolute atomic E-state index is 12.3. The smallest absolute Gasteiger partial charge is 0.343 e. The molecule has 11 nitrogen and oxygen atoms in total. The van der Waals surface area contributed by atoms with E-state index in [1.165, 1.54) is 6.33 Å². The molecule has 0 radical (unpaired) electrons. The Balaban J connectivity index is 1.15. The number of ether oxygens (including phenoxy) is 4. The lowest BCUT2D eigenvalue weighted by Crippen LogP contribution is -2.31. The Morgan fingerprint density at radius 2 is 1.82 bits per heavy atom. The zero-order valence-electron chi connectivity index (χ0n) is 20.9. The van der Waals surface area contributed by atoms with Crippen molar-refractivity contribution in [2.24, 2.45) is 0 Å². The fourth-order valence-corrected chi connectivity index (χ4v) is 4.80. The summed E-state index contributed by atoms with van der Waals surface area (Å²) in [4.78, 5) is 25.6. The first-order valence-electron chi connectivity index (χ1n) is 12.3. The average Bonchev–Trinajstić information content (AvgIpc) is 3.59. The van der Waals surface area contributed by atoms with E-state index in [-0.39, 0.29) is 6.61 Å². The van der Waals surface area contributed by atoms with E-state index in [0.717, 1.165) is 5.56 Å². The number of anilines is 1. The molecular weight excluding hydrogens is 490 g/mol. The van der Waals surface area contributed by atoms with E-state index >= 15 is 0 Å². The van der Waals surface area contributed by atoms with Crippen LogP contribution in [0.15, 0.2) is 67.3 Å². The van der Waals surface area contributed by atoms with Gasteiger partial charge >= 0.3 is 5.97 Å². The van der Waals surface area contributed by atoms with Crippen LogP contribution in [-0.2, 0) is 20.8 Å². The van der Waals surface area contributed by atoms with Crippen LogP contribution in [0.2, 0.25) is 0 Å². The van der Waals surface area contributed by atoms with Gasteiger partial charge in [-0.2, -0.15) is 0 Å². The van der Waals surface area contributed by atoms with Crippen molar-refractivity contribution >= 4 is 23.0 Å². The number of fused-ring (bicyclic) bond motifs is 2. The van der Waals surface area contributed by atoms with E-state index in [1.54, 1.807) is 47.3 Å². The third-order valence-corrected chi connectivity index (χ3v) is 6.54. The van der Waals surface area contributed by atoms with Crippen molar-refractivity contribution in [3.05, 3.63) is 78.4 Å². The summed E-state index contributed by atoms with van der Waals surface area (Å²) in [5, 5.41) is 13.1. The molecule has 0 spiro atoms. The highest BCUT2D eigenvalue weighted by Gasteiger charge is 2.56. The number of aliphatic hydroxyl groups excluding tert-OH is 1. The summed E-state index contributed by atoms with van der Waals surface area (Å²) in [7, 11) is 0.